The van der Waals surface area contributed by atoms with Crippen molar-refractivity contribution < 1.29 is 9.53 Å². The third-order valence-electron chi connectivity index (χ3n) is 4.61. The van der Waals surface area contributed by atoms with E-state index in [9.17, 15) is 9.59 Å². The largest absolute Gasteiger partial charge is 0.462 e. The van der Waals surface area contributed by atoms with Gasteiger partial charge in [0, 0.05) is 51.2 Å². The number of rotatable bonds is 4. The molecule has 2 aromatic heterocycles. The highest BCUT2D eigenvalue weighted by atomic mass is 16.5. The van der Waals surface area contributed by atoms with Crippen LogP contribution in [0.2, 0.25) is 0 Å². The molecule has 7 heteroatoms. The second-order valence-corrected chi connectivity index (χ2v) is 6.23. The summed E-state index contributed by atoms with van der Waals surface area (Å²) in [5, 5.41) is 0.449. The molecule has 0 atom stereocenters. The minimum absolute atomic E-state index is 0.0605. The van der Waals surface area contributed by atoms with Crippen molar-refractivity contribution in [2.75, 3.05) is 44.7 Å². The third kappa shape index (κ3) is 3.37. The number of ether oxygens (including phenoxy) is 1. The molecule has 0 spiro atoms. The average Bonchev–Trinajstić information content (AvgIpc) is 2.62. The van der Waals surface area contributed by atoms with Crippen molar-refractivity contribution in [3.8, 4) is 0 Å². The molecule has 1 saturated heterocycles. The predicted octanol–water partition coefficient (Wildman–Crippen LogP) is 1.34. The molecule has 134 valence electrons. The first-order valence-corrected chi connectivity index (χ1v) is 8.69. The summed E-state index contributed by atoms with van der Waals surface area (Å²) in [6.07, 6.45) is 3.18. The Balaban J connectivity index is 2.06. The number of hydrogen-bond donors (Lipinski definition) is 0. The molecule has 0 amide bonds. The van der Waals surface area contributed by atoms with Crippen molar-refractivity contribution in [1.29, 1.82) is 0 Å². The Kier molecular flexibility index (Phi) is 5.03. The van der Waals surface area contributed by atoms with Gasteiger partial charge in [-0.25, -0.2) is 9.78 Å². The Morgan fingerprint density at radius 2 is 1.96 bits per heavy atom. The number of nitrogens with zero attached hydrogens (tertiary/aromatic N) is 4. The van der Waals surface area contributed by atoms with Gasteiger partial charge in [0.1, 0.15) is 11.4 Å². The molecule has 7 nitrogen and oxygen atoms in total. The van der Waals surface area contributed by atoms with Crippen LogP contribution in [0.5, 0.6) is 0 Å². The van der Waals surface area contributed by atoms with E-state index < -0.39 is 5.97 Å². The summed E-state index contributed by atoms with van der Waals surface area (Å²) < 4.78 is 6.91. The van der Waals surface area contributed by atoms with E-state index in [-0.39, 0.29) is 17.6 Å². The van der Waals surface area contributed by atoms with E-state index in [1.54, 1.807) is 19.3 Å². The van der Waals surface area contributed by atoms with Crippen LogP contribution in [0.3, 0.4) is 0 Å². The first-order valence-electron chi connectivity index (χ1n) is 8.69. The van der Waals surface area contributed by atoms with Gasteiger partial charge in [-0.3, -0.25) is 4.79 Å². The highest BCUT2D eigenvalue weighted by molar-refractivity contribution is 5.94. The van der Waals surface area contributed by atoms with Crippen LogP contribution in [0.1, 0.15) is 24.2 Å². The highest BCUT2D eigenvalue weighted by Gasteiger charge is 2.19. The molecule has 1 aliphatic rings. The van der Waals surface area contributed by atoms with E-state index in [0.717, 1.165) is 37.5 Å². The fourth-order valence-electron chi connectivity index (χ4n) is 3.10. The minimum atomic E-state index is -0.584. The van der Waals surface area contributed by atoms with Crippen molar-refractivity contribution >= 4 is 22.7 Å². The Bertz CT molecular complexity index is 838. The molecular weight excluding hydrogens is 320 g/mol. The summed E-state index contributed by atoms with van der Waals surface area (Å²) in [6, 6.07) is 1.94. The Labute approximate surface area is 146 Å². The zero-order valence-corrected chi connectivity index (χ0v) is 15.0. The SMILES string of the molecule is CCOC(=O)c1cn(CC)c2cc(N3CCN(C)CC3)ncc2c1=O. The van der Waals surface area contributed by atoms with Crippen LogP contribution >= 0.6 is 0 Å². The van der Waals surface area contributed by atoms with E-state index in [1.807, 2.05) is 17.6 Å². The fourth-order valence-corrected chi connectivity index (χ4v) is 3.10. The number of hydrogen-bond acceptors (Lipinski definition) is 6. The molecule has 25 heavy (non-hydrogen) atoms. The summed E-state index contributed by atoms with van der Waals surface area (Å²) in [4.78, 5) is 33.7. The molecule has 1 fully saturated rings. The second-order valence-electron chi connectivity index (χ2n) is 6.23. The molecule has 0 saturated carbocycles. The van der Waals surface area contributed by atoms with Gasteiger partial charge >= 0.3 is 5.97 Å². The molecule has 0 aromatic carbocycles. The molecule has 0 N–H and O–H groups in total. The van der Waals surface area contributed by atoms with Gasteiger partial charge in [-0.15, -0.1) is 0 Å². The lowest BCUT2D eigenvalue weighted by Gasteiger charge is -2.33. The first kappa shape index (κ1) is 17.4. The lowest BCUT2D eigenvalue weighted by molar-refractivity contribution is 0.0524. The zero-order valence-electron chi connectivity index (χ0n) is 15.0. The third-order valence-corrected chi connectivity index (χ3v) is 4.61. The number of aryl methyl sites for hydroxylation is 1. The van der Waals surface area contributed by atoms with Crippen LogP contribution in [0, 0.1) is 0 Å². The number of pyridine rings is 2. The summed E-state index contributed by atoms with van der Waals surface area (Å²) >= 11 is 0. The van der Waals surface area contributed by atoms with Crippen LogP contribution < -0.4 is 10.3 Å². The lowest BCUT2D eigenvalue weighted by atomic mass is 10.1. The van der Waals surface area contributed by atoms with Gasteiger partial charge in [0.2, 0.25) is 5.43 Å². The van der Waals surface area contributed by atoms with Crippen molar-refractivity contribution in [3.63, 3.8) is 0 Å². The first-order chi connectivity index (χ1) is 12.0. The Morgan fingerprint density at radius 1 is 1.24 bits per heavy atom. The molecule has 0 aliphatic carbocycles. The number of carbonyl (C=O) groups excluding carboxylic acids is 1. The number of fused-ring (bicyclic) bond motifs is 1. The number of aromatic nitrogens is 2. The van der Waals surface area contributed by atoms with Crippen molar-refractivity contribution in [2.24, 2.45) is 0 Å². The topological polar surface area (TPSA) is 67.7 Å². The number of likely N-dealkylation sites (N-methyl/N-ethyl adjacent to an activating group) is 1. The summed E-state index contributed by atoms with van der Waals surface area (Å²) in [6.45, 7) is 8.39. The number of esters is 1. The average molecular weight is 344 g/mol. The van der Waals surface area contributed by atoms with Crippen LogP contribution in [0.15, 0.2) is 23.3 Å². The van der Waals surface area contributed by atoms with Gasteiger partial charge in [-0.05, 0) is 20.9 Å². The van der Waals surface area contributed by atoms with E-state index in [4.69, 9.17) is 4.74 Å². The monoisotopic (exact) mass is 344 g/mol. The van der Waals surface area contributed by atoms with Gasteiger partial charge in [0.05, 0.1) is 17.5 Å². The van der Waals surface area contributed by atoms with Crippen LogP contribution in [0.25, 0.3) is 10.9 Å². The maximum atomic E-state index is 12.7. The fraction of sp³-hybridized carbons (Fsp3) is 0.500. The Morgan fingerprint density at radius 3 is 2.60 bits per heavy atom. The number of piperazine rings is 1. The second kappa shape index (κ2) is 7.23. The van der Waals surface area contributed by atoms with Crippen molar-refractivity contribution in [2.45, 2.75) is 20.4 Å². The zero-order chi connectivity index (χ0) is 18.0. The minimum Gasteiger partial charge on any atom is -0.462 e. The lowest BCUT2D eigenvalue weighted by Crippen LogP contribution is -2.44. The van der Waals surface area contributed by atoms with Crippen LogP contribution in [0.4, 0.5) is 5.82 Å². The maximum Gasteiger partial charge on any atom is 0.343 e. The molecule has 2 aromatic rings. The van der Waals surface area contributed by atoms with Gasteiger partial charge in [-0.2, -0.15) is 0 Å². The molecule has 0 bridgehead atoms. The molecule has 1 aliphatic heterocycles. The van der Waals surface area contributed by atoms with E-state index in [1.165, 1.54) is 0 Å². The van der Waals surface area contributed by atoms with Crippen LogP contribution in [-0.4, -0.2) is 60.3 Å². The molecular formula is C18H24N4O3. The summed E-state index contributed by atoms with van der Waals surface area (Å²) in [7, 11) is 2.11. The Hall–Kier alpha value is -2.41. The summed E-state index contributed by atoms with van der Waals surface area (Å²) in [5.74, 6) is 0.283. The molecule has 0 radical (unpaired) electrons. The van der Waals surface area contributed by atoms with Gasteiger partial charge < -0.3 is 19.1 Å². The maximum absolute atomic E-state index is 12.7. The molecule has 3 heterocycles. The van der Waals surface area contributed by atoms with Crippen molar-refractivity contribution in [3.05, 3.63) is 34.2 Å². The highest BCUT2D eigenvalue weighted by Crippen LogP contribution is 2.20. The molecule has 3 rings (SSSR count). The smallest absolute Gasteiger partial charge is 0.343 e. The number of anilines is 1. The van der Waals surface area contributed by atoms with Gasteiger partial charge in [0.15, 0.2) is 0 Å². The van der Waals surface area contributed by atoms with Gasteiger partial charge in [0.25, 0.3) is 0 Å². The predicted molar refractivity (Wildman–Crippen MR) is 97.3 cm³/mol. The van der Waals surface area contributed by atoms with E-state index in [0.29, 0.717) is 11.9 Å². The van der Waals surface area contributed by atoms with E-state index in [2.05, 4.69) is 21.8 Å². The quantitative estimate of drug-likeness (QED) is 0.780. The van der Waals surface area contributed by atoms with Crippen LogP contribution in [-0.2, 0) is 11.3 Å². The standard InChI is InChI=1S/C18H24N4O3/c1-4-21-12-14(18(24)25-5-2)17(23)13-11-19-16(10-15(13)21)22-8-6-20(3)7-9-22/h10-12H,4-9H2,1-3H3. The number of carbonyl (C=O) groups is 1. The van der Waals surface area contributed by atoms with Gasteiger partial charge in [-0.1, -0.05) is 0 Å². The van der Waals surface area contributed by atoms with E-state index >= 15 is 0 Å². The molecule has 0 unspecified atom stereocenters. The normalized spacial score (nSPS) is 15.6. The summed E-state index contributed by atoms with van der Waals surface area (Å²) in [5.41, 5.74) is 0.533. The van der Waals surface area contributed by atoms with Crippen molar-refractivity contribution in [1.82, 2.24) is 14.5 Å².